The molecule has 2 fully saturated rings. The number of nitrogens with zero attached hydrogens (tertiary/aromatic N) is 2. The molecule has 1 unspecified atom stereocenters. The minimum atomic E-state index is 0.369. The molecule has 1 aromatic rings. The number of nitrogens with one attached hydrogen (secondary N) is 1. The average Bonchev–Trinajstić information content (AvgIpc) is 3.12. The van der Waals surface area contributed by atoms with Gasteiger partial charge in [0.1, 0.15) is 0 Å². The molecule has 2 aliphatic rings. The molecule has 94 valence electrons. The smallest absolute Gasteiger partial charge is 0.203 e. The molecular formula is C13H21N3O. The number of aryl methyl sites for hydroxylation is 1. The van der Waals surface area contributed by atoms with Crippen LogP contribution in [0.1, 0.15) is 43.8 Å². The second-order valence-electron chi connectivity index (χ2n) is 5.21. The molecule has 2 heterocycles. The quantitative estimate of drug-likeness (QED) is 0.871. The van der Waals surface area contributed by atoms with Gasteiger partial charge in [0.2, 0.25) is 5.95 Å². The Morgan fingerprint density at radius 3 is 3.00 bits per heavy atom. The summed E-state index contributed by atoms with van der Waals surface area (Å²) < 4.78 is 8.01. The molecule has 1 atom stereocenters. The van der Waals surface area contributed by atoms with Crippen LogP contribution < -0.4 is 5.32 Å². The molecule has 1 saturated carbocycles. The zero-order valence-corrected chi connectivity index (χ0v) is 10.5. The Kier molecular flexibility index (Phi) is 3.05. The largest absolute Gasteiger partial charge is 0.376 e. The van der Waals surface area contributed by atoms with Crippen LogP contribution in [0.5, 0.6) is 0 Å². The highest BCUT2D eigenvalue weighted by Gasteiger charge is 2.26. The van der Waals surface area contributed by atoms with Crippen molar-refractivity contribution in [1.82, 2.24) is 9.55 Å². The minimum Gasteiger partial charge on any atom is -0.376 e. The fourth-order valence-electron chi connectivity index (χ4n) is 2.45. The summed E-state index contributed by atoms with van der Waals surface area (Å²) >= 11 is 0. The van der Waals surface area contributed by atoms with Crippen molar-refractivity contribution in [3.05, 3.63) is 11.9 Å². The Bertz CT molecular complexity index is 378. The molecule has 3 rings (SSSR count). The Hall–Kier alpha value is -1.03. The molecule has 0 spiro atoms. The highest BCUT2D eigenvalue weighted by Crippen LogP contribution is 2.37. The first-order valence-electron chi connectivity index (χ1n) is 6.74. The molecule has 1 N–H and O–H groups in total. The lowest BCUT2D eigenvalue weighted by Gasteiger charge is -2.23. The predicted octanol–water partition coefficient (Wildman–Crippen LogP) is 2.51. The molecule has 0 radical (unpaired) electrons. The minimum absolute atomic E-state index is 0.369. The van der Waals surface area contributed by atoms with Gasteiger partial charge in [-0.3, -0.25) is 0 Å². The van der Waals surface area contributed by atoms with Crippen LogP contribution in [0, 0.1) is 6.92 Å². The summed E-state index contributed by atoms with van der Waals surface area (Å²) in [5, 5.41) is 3.45. The molecule has 1 saturated heterocycles. The third-order valence-electron chi connectivity index (χ3n) is 3.55. The van der Waals surface area contributed by atoms with E-state index in [-0.39, 0.29) is 0 Å². The van der Waals surface area contributed by atoms with E-state index in [1.807, 2.05) is 0 Å². The van der Waals surface area contributed by atoms with E-state index in [1.54, 1.807) is 0 Å². The van der Waals surface area contributed by atoms with Crippen LogP contribution in [0.4, 0.5) is 5.95 Å². The van der Waals surface area contributed by atoms with Gasteiger partial charge in [0, 0.05) is 25.4 Å². The highest BCUT2D eigenvalue weighted by molar-refractivity contribution is 5.30. The van der Waals surface area contributed by atoms with E-state index < -0.39 is 0 Å². The molecule has 1 aliphatic heterocycles. The number of anilines is 1. The van der Waals surface area contributed by atoms with Gasteiger partial charge in [-0.15, -0.1) is 0 Å². The Labute approximate surface area is 102 Å². The third kappa shape index (κ3) is 2.63. The van der Waals surface area contributed by atoms with E-state index in [1.165, 1.54) is 32.1 Å². The number of hydrogen-bond donors (Lipinski definition) is 1. The molecule has 0 amide bonds. The fourth-order valence-corrected chi connectivity index (χ4v) is 2.45. The second kappa shape index (κ2) is 4.69. The monoisotopic (exact) mass is 235 g/mol. The van der Waals surface area contributed by atoms with Gasteiger partial charge in [0.25, 0.3) is 0 Å². The van der Waals surface area contributed by atoms with Gasteiger partial charge < -0.3 is 14.6 Å². The lowest BCUT2D eigenvalue weighted by atomic mass is 10.1. The van der Waals surface area contributed by atoms with Crippen LogP contribution in [0.2, 0.25) is 0 Å². The SMILES string of the molecule is Cc1cn(C2CC2)c(NCC2CCCCO2)n1. The summed E-state index contributed by atoms with van der Waals surface area (Å²) in [4.78, 5) is 4.55. The molecule has 1 aromatic heterocycles. The first-order valence-corrected chi connectivity index (χ1v) is 6.74. The Morgan fingerprint density at radius 1 is 1.41 bits per heavy atom. The van der Waals surface area contributed by atoms with Crippen molar-refractivity contribution in [2.75, 3.05) is 18.5 Å². The fraction of sp³-hybridized carbons (Fsp3) is 0.769. The third-order valence-corrected chi connectivity index (χ3v) is 3.55. The van der Waals surface area contributed by atoms with Crippen LogP contribution in [0.25, 0.3) is 0 Å². The first kappa shape index (κ1) is 11.1. The number of hydrogen-bond acceptors (Lipinski definition) is 3. The molecule has 0 bridgehead atoms. The lowest BCUT2D eigenvalue weighted by molar-refractivity contribution is 0.0246. The van der Waals surface area contributed by atoms with Gasteiger partial charge in [-0.2, -0.15) is 0 Å². The molecular weight excluding hydrogens is 214 g/mol. The van der Waals surface area contributed by atoms with Crippen molar-refractivity contribution in [3.8, 4) is 0 Å². The van der Waals surface area contributed by atoms with Crippen molar-refractivity contribution in [3.63, 3.8) is 0 Å². The van der Waals surface area contributed by atoms with E-state index >= 15 is 0 Å². The van der Waals surface area contributed by atoms with E-state index in [2.05, 4.69) is 28.0 Å². The van der Waals surface area contributed by atoms with Gasteiger partial charge in [-0.1, -0.05) is 0 Å². The van der Waals surface area contributed by atoms with Crippen molar-refractivity contribution in [1.29, 1.82) is 0 Å². The zero-order valence-electron chi connectivity index (χ0n) is 10.5. The van der Waals surface area contributed by atoms with Gasteiger partial charge in [-0.05, 0) is 39.0 Å². The van der Waals surface area contributed by atoms with E-state index in [0.717, 1.165) is 24.8 Å². The van der Waals surface area contributed by atoms with Crippen LogP contribution in [-0.4, -0.2) is 28.8 Å². The van der Waals surface area contributed by atoms with Crippen molar-refractivity contribution in [2.24, 2.45) is 0 Å². The summed E-state index contributed by atoms with van der Waals surface area (Å²) in [6.45, 7) is 3.87. The lowest BCUT2D eigenvalue weighted by Crippen LogP contribution is -2.27. The zero-order chi connectivity index (χ0) is 11.7. The van der Waals surface area contributed by atoms with E-state index in [4.69, 9.17) is 4.74 Å². The second-order valence-corrected chi connectivity index (χ2v) is 5.21. The summed E-state index contributed by atoms with van der Waals surface area (Å²) in [5.41, 5.74) is 1.10. The Morgan fingerprint density at radius 2 is 2.29 bits per heavy atom. The highest BCUT2D eigenvalue weighted by atomic mass is 16.5. The van der Waals surface area contributed by atoms with Gasteiger partial charge in [-0.25, -0.2) is 4.98 Å². The number of rotatable bonds is 4. The summed E-state index contributed by atoms with van der Waals surface area (Å²) in [7, 11) is 0. The number of aromatic nitrogens is 2. The first-order chi connectivity index (χ1) is 8.33. The van der Waals surface area contributed by atoms with Gasteiger partial charge >= 0.3 is 0 Å². The summed E-state index contributed by atoms with van der Waals surface area (Å²) in [5.74, 6) is 1.03. The van der Waals surface area contributed by atoms with E-state index in [0.29, 0.717) is 12.1 Å². The average molecular weight is 235 g/mol. The predicted molar refractivity (Wildman–Crippen MR) is 67.3 cm³/mol. The maximum Gasteiger partial charge on any atom is 0.203 e. The maximum atomic E-state index is 5.72. The van der Waals surface area contributed by atoms with Gasteiger partial charge in [0.05, 0.1) is 11.8 Å². The molecule has 4 nitrogen and oxygen atoms in total. The normalized spacial score (nSPS) is 24.9. The van der Waals surface area contributed by atoms with Crippen molar-refractivity contribution < 1.29 is 4.74 Å². The van der Waals surface area contributed by atoms with Crippen LogP contribution in [0.3, 0.4) is 0 Å². The summed E-state index contributed by atoms with van der Waals surface area (Å²) in [6, 6.07) is 0.686. The van der Waals surface area contributed by atoms with Gasteiger partial charge in [0.15, 0.2) is 0 Å². The molecule has 0 aromatic carbocycles. The Balaban J connectivity index is 1.59. The number of imidazole rings is 1. The number of ether oxygens (including phenoxy) is 1. The standard InChI is InChI=1S/C13H21N3O/c1-10-9-16(11-5-6-11)13(15-10)14-8-12-4-2-3-7-17-12/h9,11-12H,2-8H2,1H3,(H,14,15). The van der Waals surface area contributed by atoms with Crippen molar-refractivity contribution >= 4 is 5.95 Å². The molecule has 4 heteroatoms. The van der Waals surface area contributed by atoms with Crippen molar-refractivity contribution in [2.45, 2.75) is 51.2 Å². The molecule has 17 heavy (non-hydrogen) atoms. The van der Waals surface area contributed by atoms with E-state index in [9.17, 15) is 0 Å². The topological polar surface area (TPSA) is 39.1 Å². The summed E-state index contributed by atoms with van der Waals surface area (Å²) in [6.07, 6.45) is 8.80. The molecule has 1 aliphatic carbocycles. The van der Waals surface area contributed by atoms with Crippen LogP contribution in [-0.2, 0) is 4.74 Å². The van der Waals surface area contributed by atoms with Crippen LogP contribution >= 0.6 is 0 Å². The maximum absolute atomic E-state index is 5.72. The van der Waals surface area contributed by atoms with Crippen LogP contribution in [0.15, 0.2) is 6.20 Å².